The van der Waals surface area contributed by atoms with E-state index in [2.05, 4.69) is 70.2 Å². The number of hydrogen-bond donors (Lipinski definition) is 1. The van der Waals surface area contributed by atoms with Gasteiger partial charge in [0, 0.05) is 54.3 Å². The van der Waals surface area contributed by atoms with Gasteiger partial charge in [0.2, 0.25) is 5.82 Å². The van der Waals surface area contributed by atoms with Crippen molar-refractivity contribution in [2.75, 3.05) is 25.7 Å². The molecule has 0 saturated carbocycles. The van der Waals surface area contributed by atoms with Gasteiger partial charge in [0.1, 0.15) is 12.0 Å². The third kappa shape index (κ3) is 5.60. The molecule has 1 unspecified atom stereocenters. The van der Waals surface area contributed by atoms with Crippen molar-refractivity contribution >= 4 is 5.82 Å². The van der Waals surface area contributed by atoms with Crippen LogP contribution in [0.2, 0.25) is 0 Å². The van der Waals surface area contributed by atoms with Crippen LogP contribution < -0.4 is 15.0 Å². The zero-order valence-electron chi connectivity index (χ0n) is 22.7. The fraction of sp³-hybridized carbons (Fsp3) is 0.593. The lowest BCUT2D eigenvalue weighted by atomic mass is 9.79. The first kappa shape index (κ1) is 25.5. The second-order valence-electron chi connectivity index (χ2n) is 11.5. The van der Waals surface area contributed by atoms with Crippen LogP contribution in [0, 0.1) is 0 Å². The minimum atomic E-state index is -0.00485. The highest BCUT2D eigenvalue weighted by atomic mass is 16.5. The predicted molar refractivity (Wildman–Crippen MR) is 142 cm³/mol. The topological polar surface area (TPSA) is 103 Å². The Balaban J connectivity index is 1.34. The SMILES string of the molecule is COc1cc(-c2cnn(C3CCCCO3)c2)cnc1-c1ncc(N(C)C2CC(C)(C)NC(C)(C)C2)nn1. The van der Waals surface area contributed by atoms with Crippen molar-refractivity contribution in [2.24, 2.45) is 0 Å². The van der Waals surface area contributed by atoms with E-state index in [1.807, 2.05) is 23.1 Å². The van der Waals surface area contributed by atoms with Crippen molar-refractivity contribution < 1.29 is 9.47 Å². The van der Waals surface area contributed by atoms with Crippen molar-refractivity contribution in [1.29, 1.82) is 0 Å². The van der Waals surface area contributed by atoms with E-state index in [-0.39, 0.29) is 17.3 Å². The number of methoxy groups -OCH3 is 1. The van der Waals surface area contributed by atoms with Crippen LogP contribution >= 0.6 is 0 Å². The molecule has 1 N–H and O–H groups in total. The summed E-state index contributed by atoms with van der Waals surface area (Å²) in [7, 11) is 3.69. The van der Waals surface area contributed by atoms with Crippen molar-refractivity contribution in [2.45, 2.75) is 83.1 Å². The van der Waals surface area contributed by atoms with Crippen molar-refractivity contribution in [3.05, 3.63) is 30.9 Å². The van der Waals surface area contributed by atoms with Crippen LogP contribution in [-0.4, -0.2) is 67.8 Å². The van der Waals surface area contributed by atoms with Crippen molar-refractivity contribution in [3.63, 3.8) is 0 Å². The van der Waals surface area contributed by atoms with Crippen molar-refractivity contribution in [1.82, 2.24) is 35.3 Å². The van der Waals surface area contributed by atoms with Crippen LogP contribution in [0.5, 0.6) is 5.75 Å². The molecule has 0 amide bonds. The Kier molecular flexibility index (Phi) is 6.89. The van der Waals surface area contributed by atoms with Gasteiger partial charge in [0.15, 0.2) is 11.5 Å². The summed E-state index contributed by atoms with van der Waals surface area (Å²) in [5, 5.41) is 17.2. The molecule has 10 heteroatoms. The summed E-state index contributed by atoms with van der Waals surface area (Å²) in [5.74, 6) is 1.76. The molecule has 5 rings (SSSR count). The standard InChI is InChI=1S/C27H38N8O2/c1-26(2)12-20(13-27(3,4)33-26)34(5)22-16-29-25(32-31-22)24-21(36-6)11-18(14-28-24)19-15-30-35(17-19)23-9-7-8-10-37-23/h11,14-17,20,23,33H,7-10,12-13H2,1-6H3. The van der Waals surface area contributed by atoms with Crippen LogP contribution in [0.15, 0.2) is 30.9 Å². The number of anilines is 1. The number of aromatic nitrogens is 6. The molecule has 0 radical (unpaired) electrons. The second-order valence-corrected chi connectivity index (χ2v) is 11.5. The smallest absolute Gasteiger partial charge is 0.204 e. The predicted octanol–water partition coefficient (Wildman–Crippen LogP) is 4.25. The first-order valence-electron chi connectivity index (χ1n) is 13.1. The summed E-state index contributed by atoms with van der Waals surface area (Å²) in [6.07, 6.45) is 12.7. The lowest BCUT2D eigenvalue weighted by Crippen LogP contribution is -2.62. The summed E-state index contributed by atoms with van der Waals surface area (Å²) in [5.41, 5.74) is 2.50. The van der Waals surface area contributed by atoms with Crippen LogP contribution in [0.4, 0.5) is 5.82 Å². The molecule has 0 aromatic carbocycles. The van der Waals surface area contributed by atoms with Gasteiger partial charge in [-0.25, -0.2) is 14.6 Å². The minimum Gasteiger partial charge on any atom is -0.494 e. The van der Waals surface area contributed by atoms with E-state index >= 15 is 0 Å². The van der Waals surface area contributed by atoms with E-state index in [1.54, 1.807) is 19.5 Å². The third-order valence-corrected chi connectivity index (χ3v) is 7.30. The zero-order valence-corrected chi connectivity index (χ0v) is 22.7. The van der Waals surface area contributed by atoms with Gasteiger partial charge >= 0.3 is 0 Å². The Morgan fingerprint density at radius 3 is 2.46 bits per heavy atom. The summed E-state index contributed by atoms with van der Waals surface area (Å²) >= 11 is 0. The molecule has 1 atom stereocenters. The average Bonchev–Trinajstić information content (AvgIpc) is 3.37. The summed E-state index contributed by atoms with van der Waals surface area (Å²) in [4.78, 5) is 11.4. The number of nitrogens with one attached hydrogen (secondary N) is 1. The number of piperidine rings is 1. The normalized spacial score (nSPS) is 21.5. The van der Waals surface area contributed by atoms with Crippen LogP contribution in [0.25, 0.3) is 22.6 Å². The van der Waals surface area contributed by atoms with Gasteiger partial charge in [-0.3, -0.25) is 0 Å². The molecular weight excluding hydrogens is 468 g/mol. The molecule has 0 spiro atoms. The van der Waals surface area contributed by atoms with Gasteiger partial charge in [-0.15, -0.1) is 10.2 Å². The highest BCUT2D eigenvalue weighted by Gasteiger charge is 2.39. The summed E-state index contributed by atoms with van der Waals surface area (Å²) in [6, 6.07) is 2.27. The highest BCUT2D eigenvalue weighted by molar-refractivity contribution is 5.69. The van der Waals surface area contributed by atoms with E-state index in [0.717, 1.165) is 55.7 Å². The molecule has 37 heavy (non-hydrogen) atoms. The van der Waals surface area contributed by atoms with E-state index in [1.165, 1.54) is 0 Å². The Morgan fingerprint density at radius 1 is 1.03 bits per heavy atom. The Hall–Kier alpha value is -3.11. The third-order valence-electron chi connectivity index (χ3n) is 7.30. The maximum atomic E-state index is 5.85. The van der Waals surface area contributed by atoms with Crippen LogP contribution in [0.3, 0.4) is 0 Å². The average molecular weight is 507 g/mol. The monoisotopic (exact) mass is 506 g/mol. The van der Waals surface area contributed by atoms with Crippen LogP contribution in [0.1, 0.15) is 66.0 Å². The first-order valence-corrected chi connectivity index (χ1v) is 13.1. The molecule has 10 nitrogen and oxygen atoms in total. The molecule has 2 aliphatic rings. The molecule has 3 aromatic rings. The van der Waals surface area contributed by atoms with Gasteiger partial charge in [0.25, 0.3) is 0 Å². The first-order chi connectivity index (χ1) is 17.6. The fourth-order valence-electron chi connectivity index (χ4n) is 5.77. The van der Waals surface area contributed by atoms with E-state index < -0.39 is 0 Å². The highest BCUT2D eigenvalue weighted by Crippen LogP contribution is 2.34. The van der Waals surface area contributed by atoms with Crippen molar-refractivity contribution in [3.8, 4) is 28.4 Å². The number of rotatable bonds is 6. The maximum absolute atomic E-state index is 5.85. The molecule has 2 saturated heterocycles. The van der Waals surface area contributed by atoms with E-state index in [0.29, 0.717) is 23.3 Å². The lowest BCUT2D eigenvalue weighted by Gasteiger charge is -2.49. The van der Waals surface area contributed by atoms with Gasteiger partial charge in [0.05, 0.1) is 19.5 Å². The Morgan fingerprint density at radius 2 is 1.81 bits per heavy atom. The quantitative estimate of drug-likeness (QED) is 0.525. The molecule has 0 aliphatic carbocycles. The fourth-order valence-corrected chi connectivity index (χ4v) is 5.77. The number of ether oxygens (including phenoxy) is 2. The number of hydrogen-bond acceptors (Lipinski definition) is 9. The van der Waals surface area contributed by atoms with Gasteiger partial charge < -0.3 is 19.7 Å². The minimum absolute atomic E-state index is 0.00485. The molecule has 2 fully saturated rings. The molecule has 3 aromatic heterocycles. The molecule has 5 heterocycles. The number of nitrogens with zero attached hydrogens (tertiary/aromatic N) is 7. The van der Waals surface area contributed by atoms with Crippen LogP contribution in [-0.2, 0) is 4.74 Å². The van der Waals surface area contributed by atoms with E-state index in [9.17, 15) is 0 Å². The zero-order chi connectivity index (χ0) is 26.2. The second kappa shape index (κ2) is 9.98. The van der Waals surface area contributed by atoms with Gasteiger partial charge in [-0.05, 0) is 65.9 Å². The van der Waals surface area contributed by atoms with Gasteiger partial charge in [-0.1, -0.05) is 0 Å². The molecular formula is C27H38N8O2. The summed E-state index contributed by atoms with van der Waals surface area (Å²) < 4.78 is 13.4. The molecule has 198 valence electrons. The van der Waals surface area contributed by atoms with E-state index in [4.69, 9.17) is 9.47 Å². The number of pyridine rings is 1. The molecule has 2 aliphatic heterocycles. The summed E-state index contributed by atoms with van der Waals surface area (Å²) in [6.45, 7) is 9.77. The lowest BCUT2D eigenvalue weighted by molar-refractivity contribution is -0.0394. The maximum Gasteiger partial charge on any atom is 0.204 e. The Labute approximate surface area is 218 Å². The van der Waals surface area contributed by atoms with Gasteiger partial charge in [-0.2, -0.15) is 5.10 Å². The largest absolute Gasteiger partial charge is 0.494 e. The molecule has 0 bridgehead atoms. The Bertz CT molecular complexity index is 1200.